The molecule has 0 aliphatic carbocycles. The summed E-state index contributed by atoms with van der Waals surface area (Å²) in [5.74, 6) is 0.0267. The number of rotatable bonds is 4. The topological polar surface area (TPSA) is 78.3 Å². The van der Waals surface area contributed by atoms with Crippen LogP contribution < -0.4 is 4.74 Å². The van der Waals surface area contributed by atoms with Gasteiger partial charge in [-0.15, -0.1) is 0 Å². The highest BCUT2D eigenvalue weighted by atomic mass is 32.2. The Kier molecular flexibility index (Phi) is 4.17. The predicted molar refractivity (Wildman–Crippen MR) is 74.9 cm³/mol. The maximum atomic E-state index is 12.7. The predicted octanol–water partition coefficient (Wildman–Crippen LogP) is 1.62. The fraction of sp³-hybridized carbons (Fsp3) is 0.692. The van der Waals surface area contributed by atoms with Crippen molar-refractivity contribution in [1.29, 1.82) is 0 Å². The largest absolute Gasteiger partial charge is 0.493 e. The molecule has 7 heteroatoms. The Morgan fingerprint density at radius 1 is 1.45 bits per heavy atom. The molecule has 1 aliphatic rings. The van der Waals surface area contributed by atoms with Crippen LogP contribution in [0, 0.1) is 0 Å². The van der Waals surface area contributed by atoms with Gasteiger partial charge in [-0.05, 0) is 26.7 Å². The van der Waals surface area contributed by atoms with Gasteiger partial charge in [0.25, 0.3) is 0 Å². The first kappa shape index (κ1) is 15.0. The van der Waals surface area contributed by atoms with E-state index in [1.807, 2.05) is 13.8 Å². The van der Waals surface area contributed by atoms with E-state index >= 15 is 0 Å². The Labute approximate surface area is 119 Å². The second-order valence-electron chi connectivity index (χ2n) is 5.32. The summed E-state index contributed by atoms with van der Waals surface area (Å²) in [5, 5.41) is 3.17. The van der Waals surface area contributed by atoms with Gasteiger partial charge >= 0.3 is 0 Å². The third kappa shape index (κ3) is 2.59. The van der Waals surface area contributed by atoms with E-state index in [2.05, 4.69) is 5.10 Å². The molecule has 0 spiro atoms. The third-order valence-electron chi connectivity index (χ3n) is 3.58. The molecule has 2 heterocycles. The molecule has 1 atom stereocenters. The lowest BCUT2D eigenvalue weighted by Gasteiger charge is -2.22. The molecule has 1 fully saturated rings. The number of methoxy groups -OCH3 is 1. The van der Waals surface area contributed by atoms with Crippen LogP contribution in [0.2, 0.25) is 0 Å². The van der Waals surface area contributed by atoms with E-state index in [1.54, 1.807) is 0 Å². The van der Waals surface area contributed by atoms with Crippen molar-refractivity contribution in [3.63, 3.8) is 0 Å². The van der Waals surface area contributed by atoms with Gasteiger partial charge < -0.3 is 4.74 Å². The molecule has 20 heavy (non-hydrogen) atoms. The summed E-state index contributed by atoms with van der Waals surface area (Å²) in [6, 6.07) is -0.0378. The minimum Gasteiger partial charge on any atom is -0.493 e. The summed E-state index contributed by atoms with van der Waals surface area (Å²) < 4.78 is 30.9. The van der Waals surface area contributed by atoms with E-state index in [0.29, 0.717) is 18.6 Å². The molecule has 1 unspecified atom stereocenters. The smallest absolute Gasteiger partial charge is 0.202 e. The molecule has 0 amide bonds. The van der Waals surface area contributed by atoms with E-state index in [-0.39, 0.29) is 17.5 Å². The maximum absolute atomic E-state index is 12.7. The quantitative estimate of drug-likeness (QED) is 0.790. The maximum Gasteiger partial charge on any atom is 0.202 e. The molecule has 1 saturated heterocycles. The Bertz CT molecular complexity index is 604. The average Bonchev–Trinajstić information content (AvgIpc) is 2.81. The van der Waals surface area contributed by atoms with E-state index in [9.17, 15) is 13.2 Å². The van der Waals surface area contributed by atoms with E-state index < -0.39 is 20.9 Å². The van der Waals surface area contributed by atoms with Crippen LogP contribution in [0.15, 0.2) is 6.20 Å². The first-order chi connectivity index (χ1) is 9.38. The van der Waals surface area contributed by atoms with E-state index in [1.165, 1.54) is 18.0 Å². The van der Waals surface area contributed by atoms with Crippen molar-refractivity contribution in [2.45, 2.75) is 44.4 Å². The lowest BCUT2D eigenvalue weighted by Crippen LogP contribution is -2.36. The zero-order valence-corrected chi connectivity index (χ0v) is 12.8. The van der Waals surface area contributed by atoms with Gasteiger partial charge in [0.05, 0.1) is 19.1 Å². The highest BCUT2D eigenvalue weighted by Gasteiger charge is 2.38. The molecule has 0 N–H and O–H groups in total. The number of nitrogens with zero attached hydrogens (tertiary/aromatic N) is 2. The van der Waals surface area contributed by atoms with Crippen molar-refractivity contribution in [2.24, 2.45) is 0 Å². The van der Waals surface area contributed by atoms with Crippen molar-refractivity contribution < 1.29 is 17.9 Å². The molecule has 6 nitrogen and oxygen atoms in total. The van der Waals surface area contributed by atoms with Crippen LogP contribution in [0.25, 0.3) is 0 Å². The van der Waals surface area contributed by atoms with E-state index in [0.717, 1.165) is 6.42 Å². The average molecular weight is 300 g/mol. The molecular formula is C13H20N2O4S. The fourth-order valence-corrected chi connectivity index (χ4v) is 4.38. The van der Waals surface area contributed by atoms with Crippen molar-refractivity contribution >= 4 is 15.6 Å². The van der Waals surface area contributed by atoms with Crippen molar-refractivity contribution in [3.8, 4) is 5.75 Å². The summed E-state index contributed by atoms with van der Waals surface area (Å²) in [4.78, 5) is 12.7. The molecule has 0 bridgehead atoms. The summed E-state index contributed by atoms with van der Waals surface area (Å²) >= 11 is 0. The number of ether oxygens (including phenoxy) is 1. The van der Waals surface area contributed by atoms with Crippen LogP contribution in [-0.2, 0) is 9.84 Å². The van der Waals surface area contributed by atoms with Crippen molar-refractivity contribution in [2.75, 3.05) is 12.9 Å². The molecule has 0 saturated carbocycles. The number of aromatic nitrogens is 2. The lowest BCUT2D eigenvalue weighted by atomic mass is 10.1. The zero-order chi connectivity index (χ0) is 14.9. The van der Waals surface area contributed by atoms with Crippen LogP contribution in [0.1, 0.15) is 49.6 Å². The van der Waals surface area contributed by atoms with Gasteiger partial charge in [-0.25, -0.2) is 8.42 Å². The molecular weight excluding hydrogens is 280 g/mol. The van der Waals surface area contributed by atoms with Crippen LogP contribution in [0.5, 0.6) is 5.75 Å². The van der Waals surface area contributed by atoms with Crippen LogP contribution in [0.4, 0.5) is 0 Å². The minimum absolute atomic E-state index is 0.0378. The number of carbonyl (C=O) groups is 1. The Morgan fingerprint density at radius 2 is 2.15 bits per heavy atom. The number of carbonyl (C=O) groups excluding carboxylic acids is 1. The second-order valence-corrected chi connectivity index (χ2v) is 7.62. The number of sulfone groups is 1. The van der Waals surface area contributed by atoms with Crippen LogP contribution in [0.3, 0.4) is 0 Å². The first-order valence-corrected chi connectivity index (χ1v) is 8.47. The van der Waals surface area contributed by atoms with Gasteiger partial charge in [-0.3, -0.25) is 9.48 Å². The first-order valence-electron chi connectivity index (χ1n) is 6.75. The summed E-state index contributed by atoms with van der Waals surface area (Å²) in [6.07, 6.45) is 3.23. The highest BCUT2D eigenvalue weighted by molar-refractivity contribution is 7.92. The number of hydrogen-bond donors (Lipinski definition) is 0. The SMILES string of the molecule is COc1cnn(C(C)C)c1C(=O)C1CCCCS1(=O)=O. The normalized spacial score (nSPS) is 21.9. The van der Waals surface area contributed by atoms with Crippen molar-refractivity contribution in [1.82, 2.24) is 9.78 Å². The Balaban J connectivity index is 2.45. The number of hydrogen-bond acceptors (Lipinski definition) is 5. The third-order valence-corrected chi connectivity index (χ3v) is 5.75. The molecule has 0 radical (unpaired) electrons. The number of Topliss-reactive ketones (excluding diaryl/α,β-unsaturated/α-hetero) is 1. The second kappa shape index (κ2) is 5.55. The van der Waals surface area contributed by atoms with Crippen molar-refractivity contribution in [3.05, 3.63) is 11.9 Å². The Hall–Kier alpha value is -1.37. The van der Waals surface area contributed by atoms with Crippen LogP contribution >= 0.6 is 0 Å². The molecule has 1 aromatic rings. The van der Waals surface area contributed by atoms with E-state index in [4.69, 9.17) is 4.74 Å². The summed E-state index contributed by atoms with van der Waals surface area (Å²) in [6.45, 7) is 3.77. The molecule has 0 aromatic carbocycles. The molecule has 112 valence electrons. The Morgan fingerprint density at radius 3 is 2.70 bits per heavy atom. The summed E-state index contributed by atoms with van der Waals surface area (Å²) in [5.41, 5.74) is 0.262. The van der Waals surface area contributed by atoms with Gasteiger partial charge in [0.1, 0.15) is 10.9 Å². The van der Waals surface area contributed by atoms with Crippen LogP contribution in [-0.4, -0.2) is 42.1 Å². The molecule has 2 rings (SSSR count). The van der Waals surface area contributed by atoms with Gasteiger partial charge in [-0.1, -0.05) is 6.42 Å². The lowest BCUT2D eigenvalue weighted by molar-refractivity contribution is 0.0966. The fourth-order valence-electron chi connectivity index (χ4n) is 2.52. The number of ketones is 1. The molecule has 1 aliphatic heterocycles. The van der Waals surface area contributed by atoms with Gasteiger partial charge in [0, 0.05) is 6.04 Å². The summed E-state index contributed by atoms with van der Waals surface area (Å²) in [7, 11) is -1.91. The monoisotopic (exact) mass is 300 g/mol. The van der Waals surface area contributed by atoms with Gasteiger partial charge in [0.2, 0.25) is 5.78 Å². The standard InChI is InChI=1S/C13H20N2O4S/c1-9(2)15-12(10(19-3)8-14-15)13(16)11-6-4-5-7-20(11,17)18/h8-9,11H,4-7H2,1-3H3. The van der Waals surface area contributed by atoms with Gasteiger partial charge in [-0.2, -0.15) is 5.10 Å². The minimum atomic E-state index is -3.36. The highest BCUT2D eigenvalue weighted by Crippen LogP contribution is 2.28. The zero-order valence-electron chi connectivity index (χ0n) is 12.0. The van der Waals surface area contributed by atoms with Gasteiger partial charge in [0.15, 0.2) is 15.6 Å². The molecule has 1 aromatic heterocycles.